The van der Waals surface area contributed by atoms with E-state index in [4.69, 9.17) is 0 Å². The normalized spacial score (nSPS) is 19.6. The number of anilines is 1. The lowest BCUT2D eigenvalue weighted by molar-refractivity contribution is -0.116. The highest BCUT2D eigenvalue weighted by molar-refractivity contribution is 7.89. The van der Waals surface area contributed by atoms with Gasteiger partial charge in [0.25, 0.3) is 0 Å². The Bertz CT molecular complexity index is 1310. The standard InChI is InChI=1S/C24H30N4O4S/c1-17-7-6-8-18(2)28(17)33(31,32)20-13-11-19(12-14-20)25-23(29)15-16-27-22-10-5-4-9-21(22)26(3)24(27)30/h4-5,9-14,17-18H,6-8,15-16H2,1-3H3,(H,25,29). The predicted molar refractivity (Wildman–Crippen MR) is 129 cm³/mol. The Morgan fingerprint density at radius 3 is 2.24 bits per heavy atom. The summed E-state index contributed by atoms with van der Waals surface area (Å²) >= 11 is 0. The van der Waals surface area contributed by atoms with E-state index in [-0.39, 0.29) is 41.5 Å². The van der Waals surface area contributed by atoms with Crippen LogP contribution in [0.5, 0.6) is 0 Å². The SMILES string of the molecule is CC1CCCC(C)N1S(=O)(=O)c1ccc(NC(=O)CCn2c(=O)n(C)c3ccccc32)cc1. The van der Waals surface area contributed by atoms with Gasteiger partial charge >= 0.3 is 5.69 Å². The zero-order valence-corrected chi connectivity index (χ0v) is 20.0. The fourth-order valence-corrected chi connectivity index (χ4v) is 6.60. The fraction of sp³-hybridized carbons (Fsp3) is 0.417. The van der Waals surface area contributed by atoms with Crippen LogP contribution in [0.2, 0.25) is 0 Å². The summed E-state index contributed by atoms with van der Waals surface area (Å²) < 4.78 is 31.1. The highest BCUT2D eigenvalue weighted by Crippen LogP contribution is 2.30. The number of amides is 1. The molecule has 3 aromatic rings. The number of aryl methyl sites for hydroxylation is 2. The highest BCUT2D eigenvalue weighted by Gasteiger charge is 2.35. The largest absolute Gasteiger partial charge is 0.328 e. The summed E-state index contributed by atoms with van der Waals surface area (Å²) in [5.74, 6) is -0.247. The molecule has 0 saturated carbocycles. The highest BCUT2D eigenvalue weighted by atomic mass is 32.2. The Hall–Kier alpha value is -2.91. The molecule has 2 atom stereocenters. The lowest BCUT2D eigenvalue weighted by atomic mass is 10.0. The molecule has 8 nitrogen and oxygen atoms in total. The molecule has 1 aliphatic rings. The average molecular weight is 471 g/mol. The number of nitrogens with zero attached hydrogens (tertiary/aromatic N) is 3. The second kappa shape index (κ2) is 9.15. The van der Waals surface area contributed by atoms with E-state index in [0.29, 0.717) is 5.69 Å². The molecule has 2 unspecified atom stereocenters. The van der Waals surface area contributed by atoms with Crippen LogP contribution >= 0.6 is 0 Å². The Balaban J connectivity index is 1.43. The smallest absolute Gasteiger partial charge is 0.326 e. The van der Waals surface area contributed by atoms with Gasteiger partial charge in [-0.15, -0.1) is 0 Å². The molecule has 2 heterocycles. The number of piperidine rings is 1. The molecule has 1 saturated heterocycles. The van der Waals surface area contributed by atoms with Gasteiger partial charge in [0.2, 0.25) is 15.9 Å². The van der Waals surface area contributed by atoms with Crippen LogP contribution < -0.4 is 11.0 Å². The van der Waals surface area contributed by atoms with Gasteiger partial charge in [0.1, 0.15) is 0 Å². The number of aromatic nitrogens is 2. The molecule has 1 fully saturated rings. The van der Waals surface area contributed by atoms with Crippen molar-refractivity contribution < 1.29 is 13.2 Å². The Labute approximate surface area is 193 Å². The maximum Gasteiger partial charge on any atom is 0.328 e. The monoisotopic (exact) mass is 470 g/mol. The Kier molecular flexibility index (Phi) is 6.45. The molecule has 2 aromatic carbocycles. The van der Waals surface area contributed by atoms with Gasteiger partial charge in [0, 0.05) is 37.8 Å². The molecule has 1 aromatic heterocycles. The molecule has 9 heteroatoms. The van der Waals surface area contributed by atoms with Gasteiger partial charge in [-0.05, 0) is 63.1 Å². The predicted octanol–water partition coefficient (Wildman–Crippen LogP) is 3.32. The maximum atomic E-state index is 13.1. The van der Waals surface area contributed by atoms with Gasteiger partial charge in [-0.25, -0.2) is 13.2 Å². The van der Waals surface area contributed by atoms with Crippen LogP contribution in [0.25, 0.3) is 11.0 Å². The minimum absolute atomic E-state index is 0.0318. The molecule has 33 heavy (non-hydrogen) atoms. The van der Waals surface area contributed by atoms with Crippen LogP contribution in [-0.2, 0) is 28.4 Å². The number of imidazole rings is 1. The van der Waals surface area contributed by atoms with Crippen LogP contribution in [0.15, 0.2) is 58.2 Å². The molecule has 0 bridgehead atoms. The van der Waals surface area contributed by atoms with E-state index in [2.05, 4.69) is 5.32 Å². The van der Waals surface area contributed by atoms with Gasteiger partial charge in [0.15, 0.2) is 0 Å². The molecule has 1 amide bonds. The van der Waals surface area contributed by atoms with Crippen molar-refractivity contribution >= 4 is 32.7 Å². The van der Waals surface area contributed by atoms with Crippen molar-refractivity contribution in [3.8, 4) is 0 Å². The lowest BCUT2D eigenvalue weighted by Crippen LogP contribution is -2.47. The molecule has 4 rings (SSSR count). The molecule has 1 aliphatic heterocycles. The number of sulfonamides is 1. The first kappa shape index (κ1) is 23.3. The summed E-state index contributed by atoms with van der Waals surface area (Å²) in [6, 6.07) is 13.7. The summed E-state index contributed by atoms with van der Waals surface area (Å²) in [5, 5.41) is 2.79. The van der Waals surface area contributed by atoms with Gasteiger partial charge in [0.05, 0.1) is 15.9 Å². The zero-order chi connectivity index (χ0) is 23.8. The molecule has 1 N–H and O–H groups in total. The van der Waals surface area contributed by atoms with E-state index in [0.717, 1.165) is 30.3 Å². The number of hydrogen-bond acceptors (Lipinski definition) is 4. The van der Waals surface area contributed by atoms with Crippen LogP contribution in [-0.4, -0.2) is 39.8 Å². The number of para-hydroxylation sites is 2. The fourth-order valence-electron chi connectivity index (χ4n) is 4.72. The summed E-state index contributed by atoms with van der Waals surface area (Å²) in [4.78, 5) is 25.2. The second-order valence-electron chi connectivity index (χ2n) is 8.77. The van der Waals surface area contributed by atoms with Gasteiger partial charge < -0.3 is 5.32 Å². The third kappa shape index (κ3) is 4.47. The first-order valence-corrected chi connectivity index (χ1v) is 12.7. The number of benzene rings is 2. The van der Waals surface area contributed by atoms with E-state index in [9.17, 15) is 18.0 Å². The van der Waals surface area contributed by atoms with Crippen LogP contribution in [0.4, 0.5) is 5.69 Å². The van der Waals surface area contributed by atoms with E-state index in [1.165, 1.54) is 12.1 Å². The van der Waals surface area contributed by atoms with E-state index in [1.807, 2.05) is 38.1 Å². The minimum Gasteiger partial charge on any atom is -0.326 e. The number of rotatable bonds is 6. The third-order valence-electron chi connectivity index (χ3n) is 6.44. The first-order chi connectivity index (χ1) is 15.7. The maximum absolute atomic E-state index is 13.1. The molecule has 0 aliphatic carbocycles. The number of carbonyl (C=O) groups is 1. The van der Waals surface area contributed by atoms with Crippen molar-refractivity contribution in [3.63, 3.8) is 0 Å². The molecule has 0 radical (unpaired) electrons. The third-order valence-corrected chi connectivity index (χ3v) is 8.58. The second-order valence-corrected chi connectivity index (χ2v) is 10.6. The van der Waals surface area contributed by atoms with Gasteiger partial charge in [-0.2, -0.15) is 4.31 Å². The van der Waals surface area contributed by atoms with Crippen molar-refractivity contribution in [1.82, 2.24) is 13.4 Å². The van der Waals surface area contributed by atoms with Gasteiger partial charge in [-0.3, -0.25) is 13.9 Å². The molecule has 176 valence electrons. The Morgan fingerprint density at radius 2 is 1.61 bits per heavy atom. The van der Waals surface area contributed by atoms with Crippen LogP contribution in [0.3, 0.4) is 0 Å². The zero-order valence-electron chi connectivity index (χ0n) is 19.2. The quantitative estimate of drug-likeness (QED) is 0.598. The van der Waals surface area contributed by atoms with Crippen molar-refractivity contribution in [2.24, 2.45) is 7.05 Å². The number of fused-ring (bicyclic) bond motifs is 1. The van der Waals surface area contributed by atoms with Crippen molar-refractivity contribution in [2.75, 3.05) is 5.32 Å². The lowest BCUT2D eigenvalue weighted by Gasteiger charge is -2.37. The molecular weight excluding hydrogens is 440 g/mol. The number of hydrogen-bond donors (Lipinski definition) is 1. The average Bonchev–Trinajstić information content (AvgIpc) is 3.02. The van der Waals surface area contributed by atoms with E-state index in [1.54, 1.807) is 32.6 Å². The Morgan fingerprint density at radius 1 is 1.00 bits per heavy atom. The van der Waals surface area contributed by atoms with Crippen molar-refractivity contribution in [3.05, 3.63) is 59.0 Å². The summed E-state index contributed by atoms with van der Waals surface area (Å²) in [6.45, 7) is 4.15. The first-order valence-electron chi connectivity index (χ1n) is 11.3. The van der Waals surface area contributed by atoms with E-state index < -0.39 is 10.0 Å². The summed E-state index contributed by atoms with van der Waals surface area (Å²) in [5.41, 5.74) is 1.95. The number of nitrogens with one attached hydrogen (secondary N) is 1. The van der Waals surface area contributed by atoms with Crippen molar-refractivity contribution in [1.29, 1.82) is 0 Å². The van der Waals surface area contributed by atoms with Crippen LogP contribution in [0, 0.1) is 0 Å². The summed E-state index contributed by atoms with van der Waals surface area (Å²) in [7, 11) is -1.88. The van der Waals surface area contributed by atoms with Gasteiger partial charge in [-0.1, -0.05) is 18.6 Å². The number of carbonyl (C=O) groups excluding carboxylic acids is 1. The van der Waals surface area contributed by atoms with Crippen LogP contribution in [0.1, 0.15) is 39.5 Å². The minimum atomic E-state index is -3.59. The molecule has 0 spiro atoms. The van der Waals surface area contributed by atoms with Crippen molar-refractivity contribution in [2.45, 2.75) is 63.1 Å². The van der Waals surface area contributed by atoms with E-state index >= 15 is 0 Å². The summed E-state index contributed by atoms with van der Waals surface area (Å²) in [6.07, 6.45) is 2.87. The molecular formula is C24H30N4O4S. The topological polar surface area (TPSA) is 93.4 Å².